The molecule has 78 heavy (non-hydrogen) atoms. The summed E-state index contributed by atoms with van der Waals surface area (Å²) in [6.07, 6.45) is 2.36. The maximum atomic E-state index is 7.00. The molecule has 2 aliphatic heterocycles. The number of nitrogens with zero attached hydrogens (tertiary/aromatic N) is 2. The van der Waals surface area contributed by atoms with Gasteiger partial charge >= 0.3 is 0 Å². The first kappa shape index (κ1) is 61.2. The summed E-state index contributed by atoms with van der Waals surface area (Å²) in [5, 5.41) is 21.8. The highest BCUT2D eigenvalue weighted by Gasteiger charge is 2.25. The Morgan fingerprint density at radius 3 is 0.821 bits per heavy atom. The molecule has 432 valence electrons. The van der Waals surface area contributed by atoms with Gasteiger partial charge in [-0.15, -0.1) is 0 Å². The van der Waals surface area contributed by atoms with Gasteiger partial charge in [0.2, 0.25) is 0 Å². The van der Waals surface area contributed by atoms with Crippen LogP contribution in [-0.4, -0.2) is 194 Å². The summed E-state index contributed by atoms with van der Waals surface area (Å²) in [7, 11) is 0. The van der Waals surface area contributed by atoms with Gasteiger partial charge in [0, 0.05) is 170 Å². The highest BCUT2D eigenvalue weighted by atomic mass is 16.5. The van der Waals surface area contributed by atoms with Gasteiger partial charge in [0.05, 0.1) is 26.4 Å². The van der Waals surface area contributed by atoms with Crippen molar-refractivity contribution in [3.8, 4) is 23.0 Å². The molecule has 8 bridgehead atoms. The minimum absolute atomic E-state index is 0.421. The molecule has 0 radical (unpaired) electrons. The fraction of sp³-hybridized carbons (Fsp3) is 0.613. The van der Waals surface area contributed by atoms with E-state index in [4.69, 9.17) is 37.9 Å². The summed E-state index contributed by atoms with van der Waals surface area (Å²) in [5.74, 6) is 3.52. The quantitative estimate of drug-likeness (QED) is 0.0450. The third kappa shape index (κ3) is 20.6. The molecule has 0 atom stereocenters. The van der Waals surface area contributed by atoms with Crippen molar-refractivity contribution in [1.82, 2.24) is 41.7 Å². The Bertz CT molecular complexity index is 2050. The molecule has 2 fully saturated rings. The lowest BCUT2D eigenvalue weighted by Crippen LogP contribution is -2.41. The Balaban J connectivity index is 1.41. The number of ether oxygens (including phenoxy) is 8. The Labute approximate surface area is 467 Å². The normalized spacial score (nSPS) is 17.0. The molecule has 2 heterocycles. The van der Waals surface area contributed by atoms with E-state index in [0.717, 1.165) is 185 Å². The van der Waals surface area contributed by atoms with E-state index in [9.17, 15) is 0 Å². The maximum Gasteiger partial charge on any atom is 0.126 e. The number of hydrogen-bond donors (Lipinski definition) is 6. The molecule has 7 rings (SSSR count). The maximum absolute atomic E-state index is 7.00. The lowest BCUT2D eigenvalue weighted by atomic mass is 9.89. The molecule has 1 aliphatic carbocycles. The summed E-state index contributed by atoms with van der Waals surface area (Å²) in [5.41, 5.74) is 11.3. The number of fused-ring (bicyclic) bond motifs is 8. The monoisotopic (exact) mass is 1080 g/mol. The van der Waals surface area contributed by atoms with Crippen LogP contribution in [0.3, 0.4) is 0 Å². The van der Waals surface area contributed by atoms with Crippen LogP contribution in [0.5, 0.6) is 23.0 Å². The third-order valence-corrected chi connectivity index (χ3v) is 14.3. The summed E-state index contributed by atoms with van der Waals surface area (Å²) in [6, 6.07) is 22.8. The van der Waals surface area contributed by atoms with E-state index < -0.39 is 0 Å². The summed E-state index contributed by atoms with van der Waals surface area (Å²) in [6.45, 7) is 30.8. The molecular weight excluding hydrogens is 985 g/mol. The van der Waals surface area contributed by atoms with Crippen molar-refractivity contribution in [3.05, 3.63) is 116 Å². The lowest BCUT2D eigenvalue weighted by molar-refractivity contribution is 0.108. The van der Waals surface area contributed by atoms with Crippen LogP contribution in [-0.2, 0) is 57.7 Å². The molecule has 0 aromatic heterocycles. The Morgan fingerprint density at radius 1 is 0.321 bits per heavy atom. The molecule has 0 spiro atoms. The van der Waals surface area contributed by atoms with Gasteiger partial charge in [0.25, 0.3) is 0 Å². The topological polar surface area (TPSA) is 152 Å². The average molecular weight is 1080 g/mol. The first-order chi connectivity index (χ1) is 38.6. The highest BCUT2D eigenvalue weighted by molar-refractivity contribution is 5.57. The van der Waals surface area contributed by atoms with Crippen molar-refractivity contribution in [2.75, 3.05) is 184 Å². The Morgan fingerprint density at radius 2 is 0.564 bits per heavy atom. The summed E-state index contributed by atoms with van der Waals surface area (Å²) in [4.78, 5) is 5.15. The van der Waals surface area contributed by atoms with Crippen LogP contribution in [0.4, 0.5) is 0 Å². The zero-order valence-corrected chi connectivity index (χ0v) is 48.0. The summed E-state index contributed by atoms with van der Waals surface area (Å²) >= 11 is 0. The van der Waals surface area contributed by atoms with Gasteiger partial charge in [-0.25, -0.2) is 0 Å². The van der Waals surface area contributed by atoms with Crippen LogP contribution < -0.4 is 50.8 Å². The number of para-hydroxylation sites is 2. The van der Waals surface area contributed by atoms with Gasteiger partial charge in [-0.3, -0.25) is 9.80 Å². The molecular formula is C62H96N8O8. The van der Waals surface area contributed by atoms with Crippen LogP contribution in [0, 0.1) is 0 Å². The Kier molecular flexibility index (Phi) is 28.3. The van der Waals surface area contributed by atoms with E-state index in [-0.39, 0.29) is 0 Å². The third-order valence-electron chi connectivity index (χ3n) is 14.3. The number of nitrogens with one attached hydrogen (secondary N) is 6. The molecule has 4 aromatic rings. The van der Waals surface area contributed by atoms with Crippen molar-refractivity contribution in [3.63, 3.8) is 0 Å². The van der Waals surface area contributed by atoms with Gasteiger partial charge in [-0.2, -0.15) is 0 Å². The zero-order chi connectivity index (χ0) is 54.2. The molecule has 0 amide bonds. The van der Waals surface area contributed by atoms with Crippen molar-refractivity contribution in [2.45, 2.75) is 66.5 Å². The number of hydrogen-bond acceptors (Lipinski definition) is 16. The van der Waals surface area contributed by atoms with E-state index in [1.165, 1.54) is 11.1 Å². The van der Waals surface area contributed by atoms with E-state index in [2.05, 4.69) is 102 Å². The average Bonchev–Trinajstić information content (AvgIpc) is 3.44. The van der Waals surface area contributed by atoms with E-state index in [1.807, 2.05) is 27.7 Å². The van der Waals surface area contributed by atoms with Gasteiger partial charge < -0.3 is 69.8 Å². The van der Waals surface area contributed by atoms with E-state index >= 15 is 0 Å². The number of rotatable bonds is 24. The fourth-order valence-corrected chi connectivity index (χ4v) is 10.6. The highest BCUT2D eigenvalue weighted by Crippen LogP contribution is 2.40. The SMILES string of the molecule is CCOCCOc1c2cccc1Cc1cc(CN3CCNCCNCCNCC3)cc(c1OCCOCC)Cc1cccc(c1OCCOCC)Cc1cc(CN3CCNCCNCCNCC3)cc(c1OCCOCC)C2. The molecule has 16 heteroatoms. The molecule has 2 saturated heterocycles. The standard InChI is InChI=1S/C62H96N8O8/c1-5-71-31-35-75-59-51-11-9-12-52(59)44-56-40-50(48-70-29-25-67-21-17-64-18-22-68-26-30-70)42-58(62(56)78-38-34-74-8-4)46-54-14-10-13-53(60(54)76-36-32-72-6-2)45-57-41-49(39-55(43-51)61(57)77-37-33-73-7-3)47-69-27-23-65-19-15-63-16-20-66-24-28-69/h9-14,39-42,63-68H,5-8,15-38,43-48H2,1-4H3. The zero-order valence-electron chi connectivity index (χ0n) is 48.0. The molecule has 0 saturated carbocycles. The fourth-order valence-electron chi connectivity index (χ4n) is 10.6. The van der Waals surface area contributed by atoms with Crippen LogP contribution >= 0.6 is 0 Å². The van der Waals surface area contributed by atoms with E-state index in [0.29, 0.717) is 105 Å². The molecule has 3 aliphatic rings. The van der Waals surface area contributed by atoms with Gasteiger partial charge in [0.15, 0.2) is 0 Å². The van der Waals surface area contributed by atoms with Crippen molar-refractivity contribution >= 4 is 0 Å². The van der Waals surface area contributed by atoms with Gasteiger partial charge in [-0.1, -0.05) is 60.7 Å². The van der Waals surface area contributed by atoms with Crippen LogP contribution in [0.25, 0.3) is 0 Å². The molecule has 6 N–H and O–H groups in total. The predicted molar refractivity (Wildman–Crippen MR) is 313 cm³/mol. The Hall–Kier alpha value is -4.40. The first-order valence-corrected chi connectivity index (χ1v) is 29.6. The second kappa shape index (κ2) is 36.1. The minimum Gasteiger partial charge on any atom is -0.491 e. The predicted octanol–water partition coefficient (Wildman–Crippen LogP) is 5.19. The second-order valence-electron chi connectivity index (χ2n) is 20.2. The minimum atomic E-state index is 0.421. The number of benzene rings is 4. The first-order valence-electron chi connectivity index (χ1n) is 29.6. The molecule has 0 unspecified atom stereocenters. The largest absolute Gasteiger partial charge is 0.491 e. The molecule has 4 aromatic carbocycles. The molecule has 16 nitrogen and oxygen atoms in total. The van der Waals surface area contributed by atoms with Crippen LogP contribution in [0.1, 0.15) is 83.3 Å². The van der Waals surface area contributed by atoms with Gasteiger partial charge in [-0.05, 0) is 83.3 Å². The van der Waals surface area contributed by atoms with Crippen molar-refractivity contribution in [2.24, 2.45) is 0 Å². The van der Waals surface area contributed by atoms with E-state index in [1.54, 1.807) is 0 Å². The lowest BCUT2D eigenvalue weighted by Gasteiger charge is -2.27. The van der Waals surface area contributed by atoms with Crippen LogP contribution in [0.15, 0.2) is 60.7 Å². The van der Waals surface area contributed by atoms with Gasteiger partial charge in [0.1, 0.15) is 49.4 Å². The second-order valence-corrected chi connectivity index (χ2v) is 20.2. The van der Waals surface area contributed by atoms with Crippen LogP contribution in [0.2, 0.25) is 0 Å². The summed E-state index contributed by atoms with van der Waals surface area (Å²) < 4.78 is 51.6. The van der Waals surface area contributed by atoms with Crippen molar-refractivity contribution in [1.29, 1.82) is 0 Å². The van der Waals surface area contributed by atoms with Crippen molar-refractivity contribution < 1.29 is 37.9 Å². The smallest absolute Gasteiger partial charge is 0.126 e.